The summed E-state index contributed by atoms with van der Waals surface area (Å²) < 4.78 is 0. The normalized spacial score (nSPS) is 26.4. The zero-order valence-corrected chi connectivity index (χ0v) is 10.4. The SMILES string of the molecule is CCCCN(CCCC)[C@H]1CCC[C@@H]1O. The molecule has 0 aromatic carbocycles. The highest BCUT2D eigenvalue weighted by Gasteiger charge is 2.29. The lowest BCUT2D eigenvalue weighted by Gasteiger charge is -2.31. The van der Waals surface area contributed by atoms with Gasteiger partial charge in [0.1, 0.15) is 0 Å². The van der Waals surface area contributed by atoms with E-state index in [0.29, 0.717) is 6.04 Å². The van der Waals surface area contributed by atoms with E-state index in [-0.39, 0.29) is 6.10 Å². The number of aliphatic hydroxyl groups excluding tert-OH is 1. The predicted octanol–water partition coefficient (Wildman–Crippen LogP) is 2.80. The Bertz CT molecular complexity index is 153. The smallest absolute Gasteiger partial charge is 0.0695 e. The fourth-order valence-corrected chi connectivity index (χ4v) is 2.51. The number of aliphatic hydroxyl groups is 1. The van der Waals surface area contributed by atoms with Crippen LogP contribution in [-0.2, 0) is 0 Å². The van der Waals surface area contributed by atoms with Crippen LogP contribution < -0.4 is 0 Å². The predicted molar refractivity (Wildman–Crippen MR) is 65.0 cm³/mol. The number of nitrogens with zero attached hydrogens (tertiary/aromatic N) is 1. The summed E-state index contributed by atoms with van der Waals surface area (Å²) in [5.74, 6) is 0. The molecule has 1 N–H and O–H groups in total. The van der Waals surface area contributed by atoms with E-state index in [1.165, 1.54) is 51.6 Å². The molecule has 0 bridgehead atoms. The summed E-state index contributed by atoms with van der Waals surface area (Å²) in [5.41, 5.74) is 0. The molecule has 2 heteroatoms. The van der Waals surface area contributed by atoms with Crippen LogP contribution in [0.15, 0.2) is 0 Å². The molecule has 0 unspecified atom stereocenters. The molecular weight excluding hydrogens is 186 g/mol. The first-order valence-corrected chi connectivity index (χ1v) is 6.71. The third-order valence-corrected chi connectivity index (χ3v) is 3.51. The first-order chi connectivity index (χ1) is 7.29. The minimum atomic E-state index is -0.0567. The van der Waals surface area contributed by atoms with E-state index in [1.807, 2.05) is 0 Å². The molecule has 15 heavy (non-hydrogen) atoms. The molecule has 0 amide bonds. The van der Waals surface area contributed by atoms with Crippen molar-refractivity contribution in [3.05, 3.63) is 0 Å². The van der Waals surface area contributed by atoms with Gasteiger partial charge in [0.2, 0.25) is 0 Å². The highest BCUT2D eigenvalue weighted by Crippen LogP contribution is 2.24. The van der Waals surface area contributed by atoms with Crippen LogP contribution in [0.4, 0.5) is 0 Å². The molecule has 1 fully saturated rings. The summed E-state index contributed by atoms with van der Waals surface area (Å²) in [4.78, 5) is 2.53. The third kappa shape index (κ3) is 4.12. The van der Waals surface area contributed by atoms with Crippen molar-refractivity contribution in [1.29, 1.82) is 0 Å². The Morgan fingerprint density at radius 1 is 1.07 bits per heavy atom. The van der Waals surface area contributed by atoms with Crippen molar-refractivity contribution in [1.82, 2.24) is 4.90 Å². The lowest BCUT2D eigenvalue weighted by atomic mass is 10.1. The molecule has 2 nitrogen and oxygen atoms in total. The third-order valence-electron chi connectivity index (χ3n) is 3.51. The van der Waals surface area contributed by atoms with Crippen molar-refractivity contribution < 1.29 is 5.11 Å². The maximum absolute atomic E-state index is 9.92. The van der Waals surface area contributed by atoms with E-state index < -0.39 is 0 Å². The molecule has 1 aliphatic rings. The molecule has 0 aliphatic heterocycles. The number of hydrogen-bond acceptors (Lipinski definition) is 2. The van der Waals surface area contributed by atoms with Crippen molar-refractivity contribution in [2.24, 2.45) is 0 Å². The Hall–Kier alpha value is -0.0800. The lowest BCUT2D eigenvalue weighted by molar-refractivity contribution is 0.0687. The van der Waals surface area contributed by atoms with Crippen LogP contribution in [0.3, 0.4) is 0 Å². The molecule has 1 aliphatic carbocycles. The number of rotatable bonds is 7. The van der Waals surface area contributed by atoms with Crippen molar-refractivity contribution in [2.45, 2.75) is 70.9 Å². The lowest BCUT2D eigenvalue weighted by Crippen LogP contribution is -2.41. The average molecular weight is 213 g/mol. The van der Waals surface area contributed by atoms with E-state index in [4.69, 9.17) is 0 Å². The van der Waals surface area contributed by atoms with Crippen molar-refractivity contribution in [2.75, 3.05) is 13.1 Å². The van der Waals surface area contributed by atoms with Gasteiger partial charge in [0, 0.05) is 6.04 Å². The summed E-state index contributed by atoms with van der Waals surface area (Å²) in [5, 5.41) is 9.92. The average Bonchev–Trinajstić information content (AvgIpc) is 2.65. The van der Waals surface area contributed by atoms with Crippen molar-refractivity contribution >= 4 is 0 Å². The minimum Gasteiger partial charge on any atom is -0.391 e. The Balaban J connectivity index is 2.38. The van der Waals surface area contributed by atoms with Crippen LogP contribution in [0.1, 0.15) is 58.8 Å². The topological polar surface area (TPSA) is 23.5 Å². The van der Waals surface area contributed by atoms with E-state index in [0.717, 1.165) is 6.42 Å². The van der Waals surface area contributed by atoms with Gasteiger partial charge in [-0.25, -0.2) is 0 Å². The standard InChI is InChI=1S/C13H27NO/c1-3-5-10-14(11-6-4-2)12-8-7-9-13(12)15/h12-13,15H,3-11H2,1-2H3/t12-,13-/m0/s1. The first kappa shape index (κ1) is 13.0. The van der Waals surface area contributed by atoms with Gasteiger partial charge in [-0.15, -0.1) is 0 Å². The second-order valence-corrected chi connectivity index (χ2v) is 4.81. The van der Waals surface area contributed by atoms with E-state index >= 15 is 0 Å². The number of unbranched alkanes of at least 4 members (excludes halogenated alkanes) is 2. The van der Waals surface area contributed by atoms with Gasteiger partial charge in [-0.05, 0) is 45.2 Å². The summed E-state index contributed by atoms with van der Waals surface area (Å²) in [6, 6.07) is 0.461. The fraction of sp³-hybridized carbons (Fsp3) is 1.00. The molecule has 0 saturated heterocycles. The molecule has 90 valence electrons. The second kappa shape index (κ2) is 7.24. The van der Waals surface area contributed by atoms with Crippen LogP contribution >= 0.6 is 0 Å². The monoisotopic (exact) mass is 213 g/mol. The Kier molecular flexibility index (Phi) is 6.26. The zero-order chi connectivity index (χ0) is 11.1. The molecule has 0 heterocycles. The summed E-state index contributed by atoms with van der Waals surface area (Å²) in [6.45, 7) is 6.84. The van der Waals surface area contributed by atoms with E-state index in [2.05, 4.69) is 18.7 Å². The maximum atomic E-state index is 9.92. The van der Waals surface area contributed by atoms with Gasteiger partial charge in [0.15, 0.2) is 0 Å². The van der Waals surface area contributed by atoms with Gasteiger partial charge in [-0.1, -0.05) is 26.7 Å². The van der Waals surface area contributed by atoms with E-state index in [9.17, 15) is 5.11 Å². The molecule has 0 radical (unpaired) electrons. The Morgan fingerprint density at radius 3 is 2.07 bits per heavy atom. The highest BCUT2D eigenvalue weighted by molar-refractivity contribution is 4.85. The molecule has 1 saturated carbocycles. The Morgan fingerprint density at radius 2 is 1.67 bits per heavy atom. The minimum absolute atomic E-state index is 0.0567. The van der Waals surface area contributed by atoms with Gasteiger partial charge >= 0.3 is 0 Å². The summed E-state index contributed by atoms with van der Waals surface area (Å²) >= 11 is 0. The largest absolute Gasteiger partial charge is 0.391 e. The van der Waals surface area contributed by atoms with Gasteiger partial charge in [0.05, 0.1) is 6.10 Å². The van der Waals surface area contributed by atoms with Crippen molar-refractivity contribution in [3.63, 3.8) is 0 Å². The first-order valence-electron chi connectivity index (χ1n) is 6.71. The Labute approximate surface area is 94.7 Å². The summed E-state index contributed by atoms with van der Waals surface area (Å²) in [7, 11) is 0. The number of hydrogen-bond donors (Lipinski definition) is 1. The van der Waals surface area contributed by atoms with Crippen LogP contribution in [0.5, 0.6) is 0 Å². The molecule has 1 rings (SSSR count). The van der Waals surface area contributed by atoms with E-state index in [1.54, 1.807) is 0 Å². The maximum Gasteiger partial charge on any atom is 0.0695 e. The summed E-state index contributed by atoms with van der Waals surface area (Å²) in [6.07, 6.45) is 8.42. The van der Waals surface area contributed by atoms with Crippen LogP contribution in [0.25, 0.3) is 0 Å². The van der Waals surface area contributed by atoms with Crippen LogP contribution in [0, 0.1) is 0 Å². The molecule has 0 spiro atoms. The van der Waals surface area contributed by atoms with Crippen LogP contribution in [0.2, 0.25) is 0 Å². The zero-order valence-electron chi connectivity index (χ0n) is 10.4. The molecule has 2 atom stereocenters. The second-order valence-electron chi connectivity index (χ2n) is 4.81. The van der Waals surface area contributed by atoms with Gasteiger partial charge in [0.25, 0.3) is 0 Å². The van der Waals surface area contributed by atoms with Crippen molar-refractivity contribution in [3.8, 4) is 0 Å². The molecular formula is C13H27NO. The van der Waals surface area contributed by atoms with Crippen LogP contribution in [-0.4, -0.2) is 35.2 Å². The van der Waals surface area contributed by atoms with Gasteiger partial charge < -0.3 is 5.11 Å². The molecule has 0 aromatic heterocycles. The highest BCUT2D eigenvalue weighted by atomic mass is 16.3. The quantitative estimate of drug-likeness (QED) is 0.703. The van der Waals surface area contributed by atoms with Gasteiger partial charge in [-0.3, -0.25) is 4.90 Å². The molecule has 0 aromatic rings. The van der Waals surface area contributed by atoms with Gasteiger partial charge in [-0.2, -0.15) is 0 Å². The fourth-order valence-electron chi connectivity index (χ4n) is 2.51.